The number of carboxylic acid groups (broad SMARTS) is 1. The molecule has 0 aromatic carbocycles. The van der Waals surface area contributed by atoms with Crippen molar-refractivity contribution in [2.45, 2.75) is 18.2 Å². The molecule has 9 heavy (non-hydrogen) atoms. The summed E-state index contributed by atoms with van der Waals surface area (Å²) in [5.74, 6) is -2.00. The number of rotatable bonds is 2. The van der Waals surface area contributed by atoms with Gasteiger partial charge < -0.3 is 5.11 Å². The van der Waals surface area contributed by atoms with Crippen molar-refractivity contribution in [3.8, 4) is 0 Å². The van der Waals surface area contributed by atoms with Gasteiger partial charge in [0.15, 0.2) is 6.17 Å². The standard InChI is InChI=1S/C4H5ClF2O2/c1-2(6)4(5,7)3(8)9/h2H,1H3,(H,8,9). The van der Waals surface area contributed by atoms with Crippen molar-refractivity contribution in [1.29, 1.82) is 0 Å². The molecule has 0 aliphatic rings. The molecule has 0 fully saturated rings. The normalized spacial score (nSPS) is 20.4. The molecule has 0 aliphatic heterocycles. The van der Waals surface area contributed by atoms with E-state index in [9.17, 15) is 13.6 Å². The lowest BCUT2D eigenvalue weighted by atomic mass is 10.3. The van der Waals surface area contributed by atoms with Crippen LogP contribution in [0.15, 0.2) is 0 Å². The number of alkyl halides is 3. The lowest BCUT2D eigenvalue weighted by Gasteiger charge is -2.12. The molecule has 0 saturated heterocycles. The van der Waals surface area contributed by atoms with Gasteiger partial charge in [-0.15, -0.1) is 0 Å². The molecule has 0 aliphatic carbocycles. The highest BCUT2D eigenvalue weighted by Crippen LogP contribution is 2.24. The molecule has 2 nitrogen and oxygen atoms in total. The molecule has 0 aromatic rings. The van der Waals surface area contributed by atoms with Crippen LogP contribution in [0, 0.1) is 0 Å². The van der Waals surface area contributed by atoms with Crippen molar-refractivity contribution in [3.63, 3.8) is 0 Å². The molecule has 0 heterocycles. The summed E-state index contributed by atoms with van der Waals surface area (Å²) in [4.78, 5) is 9.72. The van der Waals surface area contributed by atoms with Crippen molar-refractivity contribution in [2.75, 3.05) is 0 Å². The number of carbonyl (C=O) groups is 1. The van der Waals surface area contributed by atoms with Crippen LogP contribution in [0.4, 0.5) is 8.78 Å². The van der Waals surface area contributed by atoms with Gasteiger partial charge in [0.1, 0.15) is 0 Å². The predicted octanol–water partition coefficient (Wildman–Crippen LogP) is 1.33. The van der Waals surface area contributed by atoms with E-state index in [4.69, 9.17) is 5.11 Å². The highest BCUT2D eigenvalue weighted by molar-refractivity contribution is 6.32. The van der Waals surface area contributed by atoms with Crippen LogP contribution >= 0.6 is 11.6 Å². The van der Waals surface area contributed by atoms with E-state index < -0.39 is 17.3 Å². The van der Waals surface area contributed by atoms with Crippen molar-refractivity contribution < 1.29 is 18.7 Å². The summed E-state index contributed by atoms with van der Waals surface area (Å²) in [6.45, 7) is 0.737. The van der Waals surface area contributed by atoms with E-state index in [1.165, 1.54) is 0 Å². The van der Waals surface area contributed by atoms with E-state index >= 15 is 0 Å². The molecule has 0 spiro atoms. The summed E-state index contributed by atoms with van der Waals surface area (Å²) in [5.41, 5.74) is 0. The number of carboxylic acids is 1. The summed E-state index contributed by atoms with van der Waals surface area (Å²) in [6, 6.07) is 0. The summed E-state index contributed by atoms with van der Waals surface area (Å²) in [7, 11) is 0. The van der Waals surface area contributed by atoms with E-state index in [0.29, 0.717) is 0 Å². The van der Waals surface area contributed by atoms with Gasteiger partial charge in [-0.2, -0.15) is 0 Å². The van der Waals surface area contributed by atoms with E-state index in [1.54, 1.807) is 0 Å². The van der Waals surface area contributed by atoms with Gasteiger partial charge in [0.25, 0.3) is 0 Å². The molecule has 0 amide bonds. The molecule has 1 N–H and O–H groups in total. The van der Waals surface area contributed by atoms with Gasteiger partial charge in [-0.05, 0) is 6.92 Å². The second kappa shape index (κ2) is 2.47. The van der Waals surface area contributed by atoms with Crippen LogP contribution in [0.5, 0.6) is 0 Å². The van der Waals surface area contributed by atoms with Gasteiger partial charge in [0, 0.05) is 0 Å². The fraction of sp³-hybridized carbons (Fsp3) is 0.750. The molecule has 0 saturated carbocycles. The number of hydrogen-bond acceptors (Lipinski definition) is 1. The van der Waals surface area contributed by atoms with Gasteiger partial charge in [-0.3, -0.25) is 0 Å². The van der Waals surface area contributed by atoms with Crippen molar-refractivity contribution in [2.24, 2.45) is 0 Å². The van der Waals surface area contributed by atoms with E-state index in [-0.39, 0.29) is 0 Å². The Labute approximate surface area is 55.4 Å². The SMILES string of the molecule is CC(F)C(F)(Cl)C(=O)O. The summed E-state index contributed by atoms with van der Waals surface area (Å²) >= 11 is 4.56. The highest BCUT2D eigenvalue weighted by Gasteiger charge is 2.42. The first-order chi connectivity index (χ1) is 3.89. The minimum Gasteiger partial charge on any atom is -0.478 e. The van der Waals surface area contributed by atoms with Gasteiger partial charge in [-0.25, -0.2) is 13.6 Å². The Hall–Kier alpha value is -0.380. The van der Waals surface area contributed by atoms with Crippen LogP contribution in [0.1, 0.15) is 6.92 Å². The third-order valence-electron chi connectivity index (χ3n) is 0.785. The molecule has 0 radical (unpaired) electrons. The Morgan fingerprint density at radius 3 is 2.22 bits per heavy atom. The molecule has 0 aromatic heterocycles. The van der Waals surface area contributed by atoms with Gasteiger partial charge in [-0.1, -0.05) is 11.6 Å². The maximum absolute atomic E-state index is 12.1. The van der Waals surface area contributed by atoms with Crippen LogP contribution in [-0.4, -0.2) is 22.4 Å². The summed E-state index contributed by atoms with van der Waals surface area (Å²) in [5, 5.41) is 4.59. The number of hydrogen-bond donors (Lipinski definition) is 1. The van der Waals surface area contributed by atoms with Crippen LogP contribution in [-0.2, 0) is 4.79 Å². The van der Waals surface area contributed by atoms with Crippen LogP contribution in [0.2, 0.25) is 0 Å². The van der Waals surface area contributed by atoms with Crippen molar-refractivity contribution >= 4 is 17.6 Å². The molecular formula is C4H5ClF2O2. The second-order valence-electron chi connectivity index (χ2n) is 1.54. The largest absolute Gasteiger partial charge is 0.478 e. The zero-order valence-electron chi connectivity index (χ0n) is 4.57. The average Bonchev–Trinajstić information content (AvgIpc) is 1.65. The zero-order chi connectivity index (χ0) is 7.65. The van der Waals surface area contributed by atoms with Crippen LogP contribution < -0.4 is 0 Å². The van der Waals surface area contributed by atoms with E-state index in [2.05, 4.69) is 11.6 Å². The monoisotopic (exact) mass is 158 g/mol. The molecule has 0 rings (SSSR count). The van der Waals surface area contributed by atoms with Crippen molar-refractivity contribution in [3.05, 3.63) is 0 Å². The quantitative estimate of drug-likeness (QED) is 0.616. The van der Waals surface area contributed by atoms with E-state index in [1.807, 2.05) is 0 Å². The van der Waals surface area contributed by atoms with Gasteiger partial charge in [0.2, 0.25) is 0 Å². The van der Waals surface area contributed by atoms with Gasteiger partial charge >= 0.3 is 11.1 Å². The zero-order valence-corrected chi connectivity index (χ0v) is 5.32. The first-order valence-electron chi connectivity index (χ1n) is 2.14. The minimum absolute atomic E-state index is 0.737. The maximum Gasteiger partial charge on any atom is 0.360 e. The number of halogens is 3. The fourth-order valence-corrected chi connectivity index (χ4v) is 0.170. The Morgan fingerprint density at radius 2 is 2.22 bits per heavy atom. The third-order valence-corrected chi connectivity index (χ3v) is 1.25. The first kappa shape index (κ1) is 8.62. The molecule has 54 valence electrons. The lowest BCUT2D eigenvalue weighted by Crippen LogP contribution is -2.35. The lowest BCUT2D eigenvalue weighted by molar-refractivity contribution is -0.148. The smallest absolute Gasteiger partial charge is 0.360 e. The third kappa shape index (κ3) is 1.78. The maximum atomic E-state index is 12.1. The Bertz CT molecular complexity index is 124. The predicted molar refractivity (Wildman–Crippen MR) is 27.9 cm³/mol. The molecular weight excluding hydrogens is 153 g/mol. The minimum atomic E-state index is -3.28. The molecule has 5 heteroatoms. The Balaban J connectivity index is 4.19. The van der Waals surface area contributed by atoms with Crippen molar-refractivity contribution in [1.82, 2.24) is 0 Å². The Kier molecular flexibility index (Phi) is 2.37. The first-order valence-corrected chi connectivity index (χ1v) is 2.52. The van der Waals surface area contributed by atoms with Crippen LogP contribution in [0.25, 0.3) is 0 Å². The Morgan fingerprint density at radius 1 is 1.89 bits per heavy atom. The average molecular weight is 159 g/mol. The second-order valence-corrected chi connectivity index (χ2v) is 2.09. The van der Waals surface area contributed by atoms with Crippen LogP contribution in [0.3, 0.4) is 0 Å². The molecule has 0 bridgehead atoms. The fourth-order valence-electron chi connectivity index (χ4n) is 0.170. The molecule has 2 unspecified atom stereocenters. The highest BCUT2D eigenvalue weighted by atomic mass is 35.5. The molecule has 2 atom stereocenters. The summed E-state index contributed by atoms with van der Waals surface area (Å²) < 4.78 is 24.0. The summed E-state index contributed by atoms with van der Waals surface area (Å²) in [6.07, 6.45) is -2.21. The number of aliphatic carboxylic acids is 1. The van der Waals surface area contributed by atoms with E-state index in [0.717, 1.165) is 6.92 Å². The van der Waals surface area contributed by atoms with Gasteiger partial charge in [0.05, 0.1) is 0 Å². The topological polar surface area (TPSA) is 37.3 Å².